The average Bonchev–Trinajstić information content (AvgIpc) is 2.80. The largest absolute Gasteiger partial charge is 0.493 e. The number of alkyl halides is 7. The summed E-state index contributed by atoms with van der Waals surface area (Å²) in [4.78, 5) is 13.9. The summed E-state index contributed by atoms with van der Waals surface area (Å²) in [5.74, 6) is -0.871. The number of rotatable bonds is 5. The molecule has 1 aliphatic rings. The summed E-state index contributed by atoms with van der Waals surface area (Å²) in [6.07, 6.45) is -13.4. The van der Waals surface area contributed by atoms with E-state index in [9.17, 15) is 31.1 Å². The van der Waals surface area contributed by atoms with Crippen LogP contribution in [0.25, 0.3) is 0 Å². The van der Waals surface area contributed by atoms with Crippen LogP contribution in [-0.2, 0) is 17.1 Å². The normalized spacial score (nSPS) is 18.9. The van der Waals surface area contributed by atoms with Gasteiger partial charge in [-0.1, -0.05) is 0 Å². The van der Waals surface area contributed by atoms with Crippen molar-refractivity contribution < 1.29 is 49.7 Å². The number of nitrogens with zero attached hydrogens (tertiary/aromatic N) is 1. The zero-order chi connectivity index (χ0) is 27.0. The Kier molecular flexibility index (Phi) is 7.66. The highest BCUT2D eigenvalue weighted by molar-refractivity contribution is 5.91. The molecule has 0 fully saturated rings. The van der Waals surface area contributed by atoms with Crippen molar-refractivity contribution in [3.05, 3.63) is 52.6 Å². The lowest BCUT2D eigenvalue weighted by Crippen LogP contribution is -2.44. The number of hydrogen-bond acceptors (Lipinski definition) is 4. The number of halogens is 7. The minimum Gasteiger partial charge on any atom is -0.493 e. The highest BCUT2D eigenvalue weighted by Crippen LogP contribution is 2.51. The van der Waals surface area contributed by atoms with Gasteiger partial charge in [-0.2, -0.15) is 26.3 Å². The molecular weight excluding hydrogens is 499 g/mol. The van der Waals surface area contributed by atoms with Gasteiger partial charge >= 0.3 is 18.4 Å². The van der Waals surface area contributed by atoms with Gasteiger partial charge in [0.25, 0.3) is 0 Å². The van der Waals surface area contributed by atoms with E-state index in [1.165, 1.54) is 31.3 Å². The van der Waals surface area contributed by atoms with Crippen molar-refractivity contribution in [2.45, 2.75) is 50.8 Å². The Morgan fingerprint density at radius 3 is 1.97 bits per heavy atom. The minimum atomic E-state index is -5.12. The van der Waals surface area contributed by atoms with Crippen molar-refractivity contribution in [1.82, 2.24) is 0 Å². The Morgan fingerprint density at radius 1 is 0.972 bits per heavy atom. The van der Waals surface area contributed by atoms with E-state index >= 15 is 4.39 Å². The number of carbonyl (C=O) groups excluding carboxylic acids is 1. The lowest BCUT2D eigenvalue weighted by molar-refractivity contribution is -0.143. The molecule has 2 aromatic rings. The summed E-state index contributed by atoms with van der Waals surface area (Å²) < 4.78 is 112. The van der Waals surface area contributed by atoms with Gasteiger partial charge in [-0.25, -0.2) is 9.18 Å². The third kappa shape index (κ3) is 5.31. The van der Waals surface area contributed by atoms with Crippen LogP contribution in [0.4, 0.5) is 41.2 Å². The molecule has 0 bridgehead atoms. The number of hydrogen-bond donors (Lipinski definition) is 0. The van der Waals surface area contributed by atoms with Gasteiger partial charge in [0.1, 0.15) is 6.17 Å². The number of fused-ring (bicyclic) bond motifs is 1. The summed E-state index contributed by atoms with van der Waals surface area (Å²) in [5, 5.41) is 0. The van der Waals surface area contributed by atoms with Crippen molar-refractivity contribution in [2.75, 3.05) is 25.7 Å². The van der Waals surface area contributed by atoms with Crippen molar-refractivity contribution in [3.8, 4) is 11.5 Å². The van der Waals surface area contributed by atoms with Crippen LogP contribution < -0.4 is 14.4 Å². The number of methoxy groups -OCH3 is 2. The molecule has 3 atom stereocenters. The third-order valence-corrected chi connectivity index (χ3v) is 5.97. The lowest BCUT2D eigenvalue weighted by Gasteiger charge is -2.40. The van der Waals surface area contributed by atoms with Crippen LogP contribution in [0.3, 0.4) is 0 Å². The predicted octanol–water partition coefficient (Wildman–Crippen LogP) is 7.29. The Hall–Kier alpha value is -3.18. The molecule has 0 aliphatic carbocycles. The number of benzene rings is 2. The quantitative estimate of drug-likeness (QED) is 0.386. The topological polar surface area (TPSA) is 48.0 Å². The predicted molar refractivity (Wildman–Crippen MR) is 116 cm³/mol. The first kappa shape index (κ1) is 27.4. The lowest BCUT2D eigenvalue weighted by atomic mass is 9.80. The summed E-state index contributed by atoms with van der Waals surface area (Å²) >= 11 is 0. The monoisotopic (exact) mass is 523 g/mol. The molecule has 12 heteroatoms. The maximum atomic E-state index is 16.0. The van der Waals surface area contributed by atoms with E-state index in [1.54, 1.807) is 13.8 Å². The van der Waals surface area contributed by atoms with Gasteiger partial charge in [-0.15, -0.1) is 0 Å². The van der Waals surface area contributed by atoms with Gasteiger partial charge in [0.2, 0.25) is 0 Å². The molecule has 0 aromatic heterocycles. The number of carbonyl (C=O) groups is 1. The van der Waals surface area contributed by atoms with Crippen LogP contribution in [0.5, 0.6) is 11.5 Å². The maximum absolute atomic E-state index is 16.0. The van der Waals surface area contributed by atoms with Gasteiger partial charge in [0, 0.05) is 18.0 Å². The highest BCUT2D eigenvalue weighted by Gasteiger charge is 2.42. The van der Waals surface area contributed by atoms with Crippen molar-refractivity contribution in [1.29, 1.82) is 0 Å². The molecule has 1 amide bonds. The Bertz CT molecular complexity index is 1080. The molecule has 1 aliphatic heterocycles. The summed E-state index contributed by atoms with van der Waals surface area (Å²) in [6, 6.07) is 2.76. The fourth-order valence-electron chi connectivity index (χ4n) is 4.35. The first-order valence-corrected chi connectivity index (χ1v) is 10.9. The van der Waals surface area contributed by atoms with Gasteiger partial charge < -0.3 is 14.2 Å². The second-order valence-corrected chi connectivity index (χ2v) is 8.27. The van der Waals surface area contributed by atoms with Crippen molar-refractivity contribution in [2.24, 2.45) is 0 Å². The van der Waals surface area contributed by atoms with E-state index in [2.05, 4.69) is 0 Å². The van der Waals surface area contributed by atoms with Crippen molar-refractivity contribution >= 4 is 11.8 Å². The molecule has 0 spiro atoms. The first-order valence-electron chi connectivity index (χ1n) is 10.9. The van der Waals surface area contributed by atoms with Gasteiger partial charge in [0.05, 0.1) is 37.6 Å². The van der Waals surface area contributed by atoms with Crippen LogP contribution in [0.15, 0.2) is 30.3 Å². The molecule has 36 heavy (non-hydrogen) atoms. The second-order valence-electron chi connectivity index (χ2n) is 8.27. The number of ether oxygens (including phenoxy) is 3. The van der Waals surface area contributed by atoms with E-state index in [0.29, 0.717) is 12.1 Å². The summed E-state index contributed by atoms with van der Waals surface area (Å²) in [7, 11) is 2.64. The third-order valence-electron chi connectivity index (χ3n) is 5.97. The maximum Gasteiger partial charge on any atom is 0.416 e. The van der Waals surface area contributed by atoms with Crippen LogP contribution in [0, 0.1) is 0 Å². The summed E-state index contributed by atoms with van der Waals surface area (Å²) in [6.45, 7) is 3.21. The van der Waals surface area contributed by atoms with Gasteiger partial charge in [-0.05, 0) is 55.7 Å². The fraction of sp³-hybridized carbons (Fsp3) is 0.458. The van der Waals surface area contributed by atoms with E-state index < -0.39 is 53.3 Å². The van der Waals surface area contributed by atoms with E-state index in [1.807, 2.05) is 0 Å². The Balaban J connectivity index is 2.20. The van der Waals surface area contributed by atoms with Crippen LogP contribution >= 0.6 is 0 Å². The average molecular weight is 523 g/mol. The zero-order valence-corrected chi connectivity index (χ0v) is 19.8. The molecule has 198 valence electrons. The molecule has 2 aromatic carbocycles. The Morgan fingerprint density at radius 2 is 1.50 bits per heavy atom. The van der Waals surface area contributed by atoms with Crippen LogP contribution in [0.2, 0.25) is 0 Å². The molecule has 3 rings (SSSR count). The molecule has 1 heterocycles. The zero-order valence-electron chi connectivity index (χ0n) is 19.8. The van der Waals surface area contributed by atoms with E-state index in [0.717, 1.165) is 0 Å². The molecule has 5 nitrogen and oxygen atoms in total. The molecule has 0 saturated carbocycles. The minimum absolute atomic E-state index is 0.0459. The van der Waals surface area contributed by atoms with Crippen LogP contribution in [0.1, 0.15) is 54.6 Å². The molecule has 1 unspecified atom stereocenters. The molecule has 0 radical (unpaired) electrons. The number of amides is 1. The van der Waals surface area contributed by atoms with Crippen LogP contribution in [-0.4, -0.2) is 33.0 Å². The number of anilines is 1. The Labute approximate surface area is 202 Å². The van der Waals surface area contributed by atoms with Crippen molar-refractivity contribution in [3.63, 3.8) is 0 Å². The van der Waals surface area contributed by atoms with Gasteiger partial charge in [-0.3, -0.25) is 4.90 Å². The molecule has 0 saturated heterocycles. The standard InChI is InChI=1S/C24H24F7NO4/c1-5-36-22(33)32-12(2)6-17(16-10-19(34-3)20(35-4)11-18(16)32)21(25)13-7-14(23(26,27)28)9-15(8-13)24(29,30)31/h7-12,17,21H,5-6H2,1-4H3/t12-,17-,21?/m0/s1. The second kappa shape index (κ2) is 10.1. The van der Waals surface area contributed by atoms with E-state index in [-0.39, 0.29) is 41.8 Å². The van der Waals surface area contributed by atoms with E-state index in [4.69, 9.17) is 14.2 Å². The first-order chi connectivity index (χ1) is 16.7. The smallest absolute Gasteiger partial charge is 0.416 e. The summed E-state index contributed by atoms with van der Waals surface area (Å²) in [5.41, 5.74) is -3.70. The highest BCUT2D eigenvalue weighted by atomic mass is 19.4. The molecular formula is C24H24F7NO4. The SMILES string of the molecule is CCOC(=O)N1c2cc(OC)c(OC)cc2[C@@H](C(F)c2cc(C(F)(F)F)cc(C(F)(F)F)c2)C[C@@H]1C. The molecule has 0 N–H and O–H groups in total. The fourth-order valence-corrected chi connectivity index (χ4v) is 4.35. The van der Waals surface area contributed by atoms with Gasteiger partial charge in [0.15, 0.2) is 11.5 Å².